The number of esters is 2. The summed E-state index contributed by atoms with van der Waals surface area (Å²) < 4.78 is 9.71. The van der Waals surface area contributed by atoms with Gasteiger partial charge in [-0.05, 0) is 43.9 Å². The van der Waals surface area contributed by atoms with Crippen LogP contribution in [0.4, 0.5) is 5.69 Å². The molecule has 0 spiro atoms. The highest BCUT2D eigenvalue weighted by Crippen LogP contribution is 2.39. The van der Waals surface area contributed by atoms with Gasteiger partial charge in [0.05, 0.1) is 12.7 Å². The van der Waals surface area contributed by atoms with E-state index in [0.29, 0.717) is 22.9 Å². The molecule has 1 aliphatic heterocycles. The number of anilines is 1. The van der Waals surface area contributed by atoms with Gasteiger partial charge in [-0.3, -0.25) is 9.59 Å². The van der Waals surface area contributed by atoms with Gasteiger partial charge < -0.3 is 14.8 Å². The van der Waals surface area contributed by atoms with E-state index in [1.807, 2.05) is 28.5 Å². The van der Waals surface area contributed by atoms with E-state index in [9.17, 15) is 14.4 Å². The number of methoxy groups -OCH3 is 1. The predicted molar refractivity (Wildman–Crippen MR) is 109 cm³/mol. The van der Waals surface area contributed by atoms with Crippen molar-refractivity contribution in [3.05, 3.63) is 29.3 Å². The van der Waals surface area contributed by atoms with Gasteiger partial charge in [-0.1, -0.05) is 34.1 Å². The Bertz CT molecular complexity index is 674. The van der Waals surface area contributed by atoms with Crippen molar-refractivity contribution in [2.24, 2.45) is 0 Å². The molecule has 0 radical (unpaired) electrons. The Morgan fingerprint density at radius 3 is 2.78 bits per heavy atom. The Morgan fingerprint density at radius 1 is 1.26 bits per heavy atom. The summed E-state index contributed by atoms with van der Waals surface area (Å²) in [6, 6.07) is 4.88. The van der Waals surface area contributed by atoms with Gasteiger partial charge in [0.2, 0.25) is 0 Å². The Kier molecular flexibility index (Phi) is 9.00. The smallest absolute Gasteiger partial charge is 0.337 e. The van der Waals surface area contributed by atoms with Crippen LogP contribution in [0.15, 0.2) is 18.2 Å². The number of amides is 1. The number of carbonyl (C=O) groups is 3. The van der Waals surface area contributed by atoms with E-state index in [2.05, 4.69) is 10.1 Å². The Hall–Kier alpha value is -1.67. The van der Waals surface area contributed by atoms with Crippen molar-refractivity contribution in [3.8, 4) is 0 Å². The minimum absolute atomic E-state index is 0.328. The second-order valence-electron chi connectivity index (χ2n) is 6.30. The molecule has 0 aliphatic carbocycles. The number of rotatable bonds is 9. The van der Waals surface area contributed by atoms with Crippen LogP contribution in [-0.2, 0) is 19.1 Å². The Labute approximate surface area is 167 Å². The van der Waals surface area contributed by atoms with Crippen molar-refractivity contribution in [2.75, 3.05) is 24.8 Å². The Morgan fingerprint density at radius 2 is 2.07 bits per heavy atom. The molecule has 148 valence electrons. The summed E-state index contributed by atoms with van der Waals surface area (Å²) in [5, 5.41) is 3.37. The van der Waals surface area contributed by atoms with Crippen molar-refractivity contribution in [1.82, 2.24) is 0 Å². The van der Waals surface area contributed by atoms with E-state index in [1.165, 1.54) is 19.3 Å². The number of benzene rings is 1. The third kappa shape index (κ3) is 7.46. The fraction of sp³-hybridized carbons (Fsp3) is 0.526. The van der Waals surface area contributed by atoms with Gasteiger partial charge >= 0.3 is 11.9 Å². The lowest BCUT2D eigenvalue weighted by Crippen LogP contribution is -2.21. The normalized spacial score (nSPS) is 16.0. The first-order chi connectivity index (χ1) is 13.0. The van der Waals surface area contributed by atoms with Crippen LogP contribution in [0.25, 0.3) is 0 Å². The van der Waals surface area contributed by atoms with Crippen molar-refractivity contribution < 1.29 is 23.9 Å². The number of hydrogen-bond donors (Lipinski definition) is 1. The molecule has 0 unspecified atom stereocenters. The van der Waals surface area contributed by atoms with E-state index in [0.717, 1.165) is 24.8 Å². The van der Waals surface area contributed by atoms with E-state index < -0.39 is 11.9 Å². The molecule has 0 saturated carbocycles. The van der Waals surface area contributed by atoms with Gasteiger partial charge in [-0.2, -0.15) is 0 Å². The summed E-state index contributed by atoms with van der Waals surface area (Å²) in [4.78, 5) is 35.4. The molecule has 0 aromatic heterocycles. The highest BCUT2D eigenvalue weighted by molar-refractivity contribution is 8.77. The lowest BCUT2D eigenvalue weighted by Gasteiger charge is -2.10. The molecule has 1 aliphatic rings. The molecule has 27 heavy (non-hydrogen) atoms. The average Bonchev–Trinajstić information content (AvgIpc) is 3.18. The van der Waals surface area contributed by atoms with Crippen LogP contribution in [0.5, 0.6) is 0 Å². The van der Waals surface area contributed by atoms with Gasteiger partial charge in [0.15, 0.2) is 6.61 Å². The van der Waals surface area contributed by atoms with Gasteiger partial charge in [0.1, 0.15) is 0 Å². The summed E-state index contributed by atoms with van der Waals surface area (Å²) in [5.74, 6) is -0.0629. The van der Waals surface area contributed by atoms with Crippen LogP contribution in [0.3, 0.4) is 0 Å². The number of nitrogens with one attached hydrogen (secondary N) is 1. The minimum atomic E-state index is -0.480. The van der Waals surface area contributed by atoms with Crippen LogP contribution in [0, 0.1) is 6.92 Å². The number of aryl methyl sites for hydroxylation is 1. The number of hydrogen-bond acceptors (Lipinski definition) is 7. The second-order valence-corrected chi connectivity index (χ2v) is 9.09. The minimum Gasteiger partial charge on any atom is -0.465 e. The predicted octanol–water partition coefficient (Wildman–Crippen LogP) is 3.98. The van der Waals surface area contributed by atoms with Gasteiger partial charge in [0, 0.05) is 23.1 Å². The SMILES string of the molecule is COC(=O)c1ccc(C)c(NC(=O)COC(=O)CCCC[C@@H]2CCSS2)c1. The average molecular weight is 412 g/mol. The van der Waals surface area contributed by atoms with Crippen molar-refractivity contribution in [1.29, 1.82) is 0 Å². The first-order valence-electron chi connectivity index (χ1n) is 8.92. The molecule has 8 heteroatoms. The lowest BCUT2D eigenvalue weighted by atomic mass is 10.1. The number of carbonyl (C=O) groups excluding carboxylic acids is 3. The molecule has 1 N–H and O–H groups in total. The Balaban J connectivity index is 1.69. The lowest BCUT2D eigenvalue weighted by molar-refractivity contribution is -0.147. The maximum Gasteiger partial charge on any atom is 0.337 e. The standard InChI is InChI=1S/C19H25NO5S2/c1-13-7-8-14(19(23)24-2)11-16(13)20-17(21)12-25-18(22)6-4-3-5-15-9-10-26-27-15/h7-8,11,15H,3-6,9-10,12H2,1-2H3,(H,20,21)/t15-/m1/s1. The first-order valence-corrected chi connectivity index (χ1v) is 11.3. The van der Waals surface area contributed by atoms with Crippen molar-refractivity contribution in [2.45, 2.75) is 44.3 Å². The third-order valence-electron chi connectivity index (χ3n) is 4.18. The number of unbranched alkanes of at least 4 members (excludes halogenated alkanes) is 1. The molecule has 1 saturated heterocycles. The van der Waals surface area contributed by atoms with E-state index in [-0.39, 0.29) is 12.6 Å². The van der Waals surface area contributed by atoms with Gasteiger partial charge in [-0.15, -0.1) is 0 Å². The van der Waals surface area contributed by atoms with Crippen molar-refractivity contribution in [3.63, 3.8) is 0 Å². The molecule has 2 rings (SSSR count). The summed E-state index contributed by atoms with van der Waals surface area (Å²) in [5.41, 5.74) is 1.63. The summed E-state index contributed by atoms with van der Waals surface area (Å²) in [7, 11) is 5.16. The van der Waals surface area contributed by atoms with Crippen LogP contribution in [0.1, 0.15) is 48.0 Å². The molecule has 1 aromatic rings. The van der Waals surface area contributed by atoms with Crippen LogP contribution < -0.4 is 5.32 Å². The number of ether oxygens (including phenoxy) is 2. The largest absolute Gasteiger partial charge is 0.465 e. The molecule has 1 aromatic carbocycles. The summed E-state index contributed by atoms with van der Waals surface area (Å²) in [6.45, 7) is 1.47. The molecule has 1 fully saturated rings. The van der Waals surface area contributed by atoms with E-state index in [4.69, 9.17) is 4.74 Å². The summed E-state index contributed by atoms with van der Waals surface area (Å²) in [6.07, 6.45) is 4.48. The molecular weight excluding hydrogens is 386 g/mol. The van der Waals surface area contributed by atoms with Crippen LogP contribution in [0.2, 0.25) is 0 Å². The van der Waals surface area contributed by atoms with Crippen LogP contribution >= 0.6 is 21.6 Å². The molecule has 1 amide bonds. The zero-order valence-electron chi connectivity index (χ0n) is 15.6. The first kappa shape index (κ1) is 21.6. The second kappa shape index (κ2) is 11.2. The monoisotopic (exact) mass is 411 g/mol. The maximum absolute atomic E-state index is 12.0. The van der Waals surface area contributed by atoms with Crippen LogP contribution in [-0.4, -0.2) is 42.6 Å². The maximum atomic E-state index is 12.0. The zero-order valence-corrected chi connectivity index (χ0v) is 17.2. The molecule has 1 atom stereocenters. The highest BCUT2D eigenvalue weighted by Gasteiger charge is 2.16. The third-order valence-corrected chi connectivity index (χ3v) is 7.19. The van der Waals surface area contributed by atoms with Gasteiger partial charge in [0.25, 0.3) is 5.91 Å². The summed E-state index contributed by atoms with van der Waals surface area (Å²) >= 11 is 0. The van der Waals surface area contributed by atoms with E-state index in [1.54, 1.807) is 18.2 Å². The van der Waals surface area contributed by atoms with E-state index >= 15 is 0 Å². The highest BCUT2D eigenvalue weighted by atomic mass is 33.1. The van der Waals surface area contributed by atoms with Crippen molar-refractivity contribution >= 4 is 45.1 Å². The molecule has 6 nitrogen and oxygen atoms in total. The quantitative estimate of drug-likeness (QED) is 0.374. The molecular formula is C19H25NO5S2. The molecule has 0 bridgehead atoms. The fourth-order valence-electron chi connectivity index (χ4n) is 2.61. The fourth-order valence-corrected chi connectivity index (χ4v) is 5.64. The molecule has 1 heterocycles. The van der Waals surface area contributed by atoms with Gasteiger partial charge in [-0.25, -0.2) is 4.79 Å². The topological polar surface area (TPSA) is 81.7 Å². The zero-order chi connectivity index (χ0) is 19.6.